The van der Waals surface area contributed by atoms with Gasteiger partial charge in [-0.15, -0.1) is 0 Å². The molecule has 5 aromatic rings. The van der Waals surface area contributed by atoms with Crippen molar-refractivity contribution in [3.8, 4) is 0 Å². The molecule has 0 amide bonds. The summed E-state index contributed by atoms with van der Waals surface area (Å²) >= 11 is 0. The fraction of sp³-hybridized carbons (Fsp3) is 0.362. The summed E-state index contributed by atoms with van der Waals surface area (Å²) in [5, 5.41) is 0. The van der Waals surface area contributed by atoms with Crippen LogP contribution in [0.2, 0.25) is 0 Å². The number of benzene rings is 5. The van der Waals surface area contributed by atoms with Crippen LogP contribution in [0.3, 0.4) is 0 Å². The molecule has 50 heavy (non-hydrogen) atoms. The molecule has 0 spiro atoms. The third-order valence-corrected chi connectivity index (χ3v) is 9.84. The first-order chi connectivity index (χ1) is 27.8. The average Bonchev–Trinajstić information content (AvgIpc) is 3.12. The monoisotopic (exact) mass is 670 g/mol. The molecule has 0 N–H and O–H groups in total. The molecule has 0 unspecified atom stereocenters. The van der Waals surface area contributed by atoms with Gasteiger partial charge in [-0.25, -0.2) is 0 Å². The Morgan fingerprint density at radius 2 is 0.940 bits per heavy atom. The van der Waals surface area contributed by atoms with Gasteiger partial charge in [-0.1, -0.05) is 131 Å². The lowest BCUT2D eigenvalue weighted by Crippen LogP contribution is -2.61. The minimum Gasteiger partial charge on any atom is -0.311 e. The molecule has 5 aromatic carbocycles. The molecular formula is C47H55BN2. The Bertz CT molecular complexity index is 2670. The minimum absolute atomic E-state index is 0.0120. The van der Waals surface area contributed by atoms with Gasteiger partial charge in [-0.3, -0.25) is 0 Å². The van der Waals surface area contributed by atoms with Crippen molar-refractivity contribution in [1.29, 1.82) is 0 Å². The van der Waals surface area contributed by atoms with E-state index < -0.39 is 29.6 Å². The Morgan fingerprint density at radius 3 is 1.48 bits per heavy atom. The summed E-state index contributed by atoms with van der Waals surface area (Å²) in [6.45, 7) is 24.6. The number of fused-ring (bicyclic) bond motifs is 4. The zero-order chi connectivity index (χ0) is 45.7. The SMILES string of the molecule is [2H]c1c([2H])c([2H])c2c(c1[2H])B1c3c(cc(C)cc3N(c3c([2H])c([2H])c(C(C)(C)C)c([2H])c3[2H])c3c([2H])c([2H])c(C(C)(C)C)c([2H])c31)N2c1cc(C(C)(C)C)cc(C(C)(C)C)c1. The van der Waals surface area contributed by atoms with Crippen molar-refractivity contribution in [3.05, 3.63) is 125 Å². The standard InChI is InChI=1S/C47H55BN2/c1-30-24-41-43-42(25-30)50(36-27-33(46(8,9)10)26-34(28-36)47(11,12)13)39-17-15-14-16-37(39)48(43)38-29-32(45(5,6)7)20-23-40(38)49(41)35-21-18-31(19-22-35)44(2,3)4/h14-29H,1-13H3/i14D,15D,16D,17D,18D,19D,20D,21D,22D,23D,29D. The molecule has 0 bridgehead atoms. The van der Waals surface area contributed by atoms with Crippen LogP contribution in [0.5, 0.6) is 0 Å². The number of hydrogen-bond acceptors (Lipinski definition) is 2. The predicted octanol–water partition coefficient (Wildman–Crippen LogP) is 11.3. The van der Waals surface area contributed by atoms with Crippen LogP contribution in [-0.2, 0) is 21.7 Å². The van der Waals surface area contributed by atoms with Gasteiger partial charge in [0.2, 0.25) is 0 Å². The number of aryl methyl sites for hydroxylation is 1. The lowest BCUT2D eigenvalue weighted by molar-refractivity contribution is 0.569. The molecule has 7 rings (SSSR count). The van der Waals surface area contributed by atoms with Gasteiger partial charge in [0.25, 0.3) is 6.71 Å². The van der Waals surface area contributed by atoms with Crippen molar-refractivity contribution < 1.29 is 15.1 Å². The molecule has 0 fully saturated rings. The van der Waals surface area contributed by atoms with Crippen molar-refractivity contribution in [1.82, 2.24) is 0 Å². The molecule has 0 aromatic heterocycles. The van der Waals surface area contributed by atoms with Crippen molar-refractivity contribution in [2.45, 2.75) is 112 Å². The molecule has 0 aliphatic carbocycles. The molecule has 256 valence electrons. The summed E-state index contributed by atoms with van der Waals surface area (Å²) < 4.78 is 104. The third kappa shape index (κ3) is 5.77. The Labute approximate surface area is 318 Å². The van der Waals surface area contributed by atoms with E-state index in [-0.39, 0.29) is 104 Å². The molecule has 2 nitrogen and oxygen atoms in total. The number of nitrogens with zero attached hydrogens (tertiary/aromatic N) is 2. The summed E-state index contributed by atoms with van der Waals surface area (Å²) in [6.07, 6.45) is 0. The van der Waals surface area contributed by atoms with E-state index in [9.17, 15) is 12.3 Å². The smallest absolute Gasteiger partial charge is 0.252 e. The highest BCUT2D eigenvalue weighted by Crippen LogP contribution is 2.46. The highest BCUT2D eigenvalue weighted by Gasteiger charge is 2.44. The van der Waals surface area contributed by atoms with Crippen LogP contribution in [0.1, 0.15) is 126 Å². The minimum atomic E-state index is -1.06. The Morgan fingerprint density at radius 1 is 0.460 bits per heavy atom. The van der Waals surface area contributed by atoms with Gasteiger partial charge in [0.1, 0.15) is 0 Å². The van der Waals surface area contributed by atoms with E-state index in [1.165, 1.54) is 4.90 Å². The highest BCUT2D eigenvalue weighted by atomic mass is 15.2. The topological polar surface area (TPSA) is 6.48 Å². The zero-order valence-electron chi connectivity index (χ0n) is 42.9. The van der Waals surface area contributed by atoms with E-state index in [1.807, 2.05) is 65.5 Å². The fourth-order valence-corrected chi connectivity index (χ4v) is 6.87. The maximum absolute atomic E-state index is 10.1. The lowest BCUT2D eigenvalue weighted by atomic mass is 9.33. The van der Waals surface area contributed by atoms with E-state index >= 15 is 0 Å². The summed E-state index contributed by atoms with van der Waals surface area (Å²) in [4.78, 5) is 3.41. The molecular weight excluding hydrogens is 603 g/mol. The van der Waals surface area contributed by atoms with Crippen LogP contribution >= 0.6 is 0 Å². The fourth-order valence-electron chi connectivity index (χ4n) is 6.87. The van der Waals surface area contributed by atoms with Gasteiger partial charge in [-0.05, 0) is 121 Å². The van der Waals surface area contributed by atoms with Crippen LogP contribution in [-0.4, -0.2) is 6.71 Å². The molecule has 3 heteroatoms. The van der Waals surface area contributed by atoms with E-state index in [1.54, 1.807) is 0 Å². The molecule has 2 heterocycles. The largest absolute Gasteiger partial charge is 0.311 e. The number of para-hydroxylation sites is 1. The lowest BCUT2D eigenvalue weighted by Gasteiger charge is -2.45. The Balaban J connectivity index is 1.78. The van der Waals surface area contributed by atoms with Crippen molar-refractivity contribution in [3.63, 3.8) is 0 Å². The zero-order valence-corrected chi connectivity index (χ0v) is 31.9. The van der Waals surface area contributed by atoms with E-state index in [4.69, 9.17) is 2.74 Å². The van der Waals surface area contributed by atoms with Crippen LogP contribution in [0.15, 0.2) is 96.8 Å². The maximum atomic E-state index is 10.1. The molecule has 2 aliphatic heterocycles. The predicted molar refractivity (Wildman–Crippen MR) is 220 cm³/mol. The number of rotatable bonds is 2. The van der Waals surface area contributed by atoms with Crippen LogP contribution in [0.4, 0.5) is 34.1 Å². The van der Waals surface area contributed by atoms with E-state index in [0.29, 0.717) is 22.5 Å². The summed E-state index contributed by atoms with van der Waals surface area (Å²) in [5.74, 6) is 0. The summed E-state index contributed by atoms with van der Waals surface area (Å²) in [7, 11) is 0. The second-order valence-electron chi connectivity index (χ2n) is 18.1. The van der Waals surface area contributed by atoms with Crippen molar-refractivity contribution >= 4 is 57.2 Å². The highest BCUT2D eigenvalue weighted by molar-refractivity contribution is 7.00. The van der Waals surface area contributed by atoms with Gasteiger partial charge in [0.15, 0.2) is 0 Å². The second-order valence-corrected chi connectivity index (χ2v) is 18.1. The first kappa shape index (κ1) is 23.3. The van der Waals surface area contributed by atoms with E-state index in [0.717, 1.165) is 16.7 Å². The first-order valence-corrected chi connectivity index (χ1v) is 17.6. The second kappa shape index (κ2) is 11.4. The van der Waals surface area contributed by atoms with E-state index in [2.05, 4.69) is 59.7 Å². The Kier molecular flexibility index (Phi) is 5.30. The van der Waals surface area contributed by atoms with Gasteiger partial charge in [0, 0.05) is 34.1 Å². The van der Waals surface area contributed by atoms with Crippen LogP contribution in [0.25, 0.3) is 0 Å². The van der Waals surface area contributed by atoms with Crippen molar-refractivity contribution in [2.75, 3.05) is 9.80 Å². The average molecular weight is 670 g/mol. The number of hydrogen-bond donors (Lipinski definition) is 0. The molecule has 0 saturated carbocycles. The summed E-state index contributed by atoms with van der Waals surface area (Å²) in [6, 6.07) is 6.87. The van der Waals surface area contributed by atoms with Crippen LogP contribution in [0, 0.1) is 6.92 Å². The molecule has 2 aliphatic rings. The Hall–Kier alpha value is -4.24. The van der Waals surface area contributed by atoms with Gasteiger partial charge in [-0.2, -0.15) is 0 Å². The van der Waals surface area contributed by atoms with Gasteiger partial charge in [0.05, 0.1) is 15.1 Å². The van der Waals surface area contributed by atoms with Crippen molar-refractivity contribution in [2.24, 2.45) is 0 Å². The third-order valence-electron chi connectivity index (χ3n) is 9.84. The normalized spacial score (nSPS) is 17.5. The maximum Gasteiger partial charge on any atom is 0.252 e. The van der Waals surface area contributed by atoms with Gasteiger partial charge >= 0.3 is 0 Å². The quantitative estimate of drug-likeness (QED) is 0.169. The first-order valence-electron chi connectivity index (χ1n) is 23.1. The summed E-state index contributed by atoms with van der Waals surface area (Å²) in [5.41, 5.74) is 3.67. The molecule has 0 saturated heterocycles. The van der Waals surface area contributed by atoms with Crippen LogP contribution < -0.4 is 26.2 Å². The molecule has 0 atom stereocenters. The number of anilines is 6. The molecule has 0 radical (unpaired) electrons. The van der Waals surface area contributed by atoms with Gasteiger partial charge < -0.3 is 9.80 Å².